The summed E-state index contributed by atoms with van der Waals surface area (Å²) >= 11 is 1.57. The number of H-pyrrole nitrogens is 1. The predicted molar refractivity (Wildman–Crippen MR) is 90.5 cm³/mol. The molecule has 1 aromatic heterocycles. The van der Waals surface area contributed by atoms with E-state index in [1.807, 2.05) is 4.68 Å². The van der Waals surface area contributed by atoms with Crippen LogP contribution in [0, 0.1) is 5.41 Å². The van der Waals surface area contributed by atoms with Gasteiger partial charge in [0.25, 0.3) is 5.56 Å². The lowest BCUT2D eigenvalue weighted by Gasteiger charge is -2.28. The summed E-state index contributed by atoms with van der Waals surface area (Å²) in [5.41, 5.74) is 0.626. The topological polar surface area (TPSA) is 66.9 Å². The molecule has 0 radical (unpaired) electrons. The van der Waals surface area contributed by atoms with Crippen molar-refractivity contribution in [2.45, 2.75) is 64.2 Å². The van der Waals surface area contributed by atoms with Crippen LogP contribution >= 0.6 is 11.8 Å². The van der Waals surface area contributed by atoms with Crippen LogP contribution < -0.4 is 10.9 Å². The number of amides is 1. The molecule has 2 aliphatic rings. The average Bonchev–Trinajstić information content (AvgIpc) is 2.66. The number of hydrogen-bond donors (Lipinski definition) is 2. The maximum Gasteiger partial charge on any atom is 0.270 e. The van der Waals surface area contributed by atoms with Crippen LogP contribution in [-0.2, 0) is 4.79 Å². The van der Waals surface area contributed by atoms with Crippen LogP contribution in [-0.4, -0.2) is 21.4 Å². The molecule has 0 aromatic carbocycles. The summed E-state index contributed by atoms with van der Waals surface area (Å²) in [4.78, 5) is 24.7. The van der Waals surface area contributed by atoms with Gasteiger partial charge in [0.05, 0.1) is 17.4 Å². The third kappa shape index (κ3) is 2.85. The SMILES string of the molecule is CC(C)(C)[C@@H]1SCC(=O)Nc2c1c(=O)[nH]n2C1CCCCC1. The number of hydrogen-bond acceptors (Lipinski definition) is 3. The number of aromatic nitrogens is 2. The molecule has 122 valence electrons. The fraction of sp³-hybridized carbons (Fsp3) is 0.750. The Morgan fingerprint density at radius 2 is 1.82 bits per heavy atom. The number of carbonyl (C=O) groups is 1. The van der Waals surface area contributed by atoms with Crippen molar-refractivity contribution in [1.29, 1.82) is 0 Å². The Kier molecular flexibility index (Phi) is 4.14. The zero-order valence-electron chi connectivity index (χ0n) is 13.6. The van der Waals surface area contributed by atoms with Gasteiger partial charge in [-0.1, -0.05) is 40.0 Å². The van der Waals surface area contributed by atoms with Gasteiger partial charge < -0.3 is 5.32 Å². The third-order valence-corrected chi connectivity index (χ3v) is 6.30. The number of thioether (sulfide) groups is 1. The smallest absolute Gasteiger partial charge is 0.270 e. The summed E-state index contributed by atoms with van der Waals surface area (Å²) in [7, 11) is 0. The van der Waals surface area contributed by atoms with Gasteiger partial charge in [-0.15, -0.1) is 11.8 Å². The highest BCUT2D eigenvalue weighted by Crippen LogP contribution is 2.47. The number of anilines is 1. The molecule has 2 N–H and O–H groups in total. The van der Waals surface area contributed by atoms with E-state index >= 15 is 0 Å². The van der Waals surface area contributed by atoms with Gasteiger partial charge in [-0.2, -0.15) is 0 Å². The van der Waals surface area contributed by atoms with Gasteiger partial charge in [-0.3, -0.25) is 19.4 Å². The lowest BCUT2D eigenvalue weighted by molar-refractivity contribution is -0.113. The molecular weight excluding hydrogens is 298 g/mol. The minimum Gasteiger partial charge on any atom is -0.310 e. The molecule has 1 aromatic rings. The van der Waals surface area contributed by atoms with Crippen molar-refractivity contribution in [2.75, 3.05) is 11.1 Å². The Morgan fingerprint density at radius 1 is 1.14 bits per heavy atom. The molecule has 6 heteroatoms. The quantitative estimate of drug-likeness (QED) is 0.832. The molecule has 1 aliphatic carbocycles. The first-order chi connectivity index (χ1) is 10.4. The summed E-state index contributed by atoms with van der Waals surface area (Å²) < 4.78 is 1.94. The molecule has 2 heterocycles. The van der Waals surface area contributed by atoms with Crippen LogP contribution in [0.15, 0.2) is 4.79 Å². The number of rotatable bonds is 1. The Bertz CT molecular complexity index is 620. The number of nitrogens with zero attached hydrogens (tertiary/aromatic N) is 1. The van der Waals surface area contributed by atoms with E-state index in [2.05, 4.69) is 31.2 Å². The lowest BCUT2D eigenvalue weighted by atomic mass is 9.88. The van der Waals surface area contributed by atoms with Crippen molar-refractivity contribution in [3.8, 4) is 0 Å². The van der Waals surface area contributed by atoms with E-state index in [1.54, 1.807) is 11.8 Å². The van der Waals surface area contributed by atoms with Gasteiger partial charge in [-0.05, 0) is 18.3 Å². The van der Waals surface area contributed by atoms with Crippen LogP contribution in [0.25, 0.3) is 0 Å². The molecule has 1 saturated carbocycles. The van der Waals surface area contributed by atoms with Crippen LogP contribution in [0.4, 0.5) is 5.82 Å². The molecule has 1 atom stereocenters. The second-order valence-corrected chi connectivity index (χ2v) is 8.56. The molecule has 0 bridgehead atoms. The molecular formula is C16H25N3O2S. The van der Waals surface area contributed by atoms with E-state index in [1.165, 1.54) is 19.3 Å². The Balaban J connectivity index is 2.09. The molecule has 0 unspecified atom stereocenters. The Hall–Kier alpha value is -1.17. The molecule has 3 rings (SSSR count). The number of carbonyl (C=O) groups excluding carboxylic acids is 1. The van der Waals surface area contributed by atoms with Crippen molar-refractivity contribution >= 4 is 23.5 Å². The second kappa shape index (κ2) is 5.80. The number of fused-ring (bicyclic) bond motifs is 1. The highest BCUT2D eigenvalue weighted by molar-refractivity contribution is 8.00. The molecule has 5 nitrogen and oxygen atoms in total. The number of nitrogens with one attached hydrogen (secondary N) is 2. The maximum atomic E-state index is 12.6. The largest absolute Gasteiger partial charge is 0.310 e. The first kappa shape index (κ1) is 15.7. The predicted octanol–water partition coefficient (Wildman–Crippen LogP) is 3.45. The summed E-state index contributed by atoms with van der Waals surface area (Å²) in [6, 6.07) is 0.300. The summed E-state index contributed by atoms with van der Waals surface area (Å²) in [5.74, 6) is 1.11. The minimum atomic E-state index is -0.0720. The van der Waals surface area contributed by atoms with Crippen molar-refractivity contribution in [1.82, 2.24) is 9.78 Å². The zero-order chi connectivity index (χ0) is 15.9. The molecule has 0 saturated heterocycles. The Labute approximate surface area is 135 Å². The van der Waals surface area contributed by atoms with Crippen molar-refractivity contribution in [2.24, 2.45) is 5.41 Å². The highest BCUT2D eigenvalue weighted by Gasteiger charge is 2.37. The van der Waals surface area contributed by atoms with E-state index in [0.717, 1.165) is 18.4 Å². The normalized spacial score (nSPS) is 23.8. The van der Waals surface area contributed by atoms with E-state index in [9.17, 15) is 9.59 Å². The van der Waals surface area contributed by atoms with E-state index in [0.29, 0.717) is 17.6 Å². The number of aromatic amines is 1. The fourth-order valence-electron chi connectivity index (χ4n) is 3.54. The molecule has 1 amide bonds. The first-order valence-electron chi connectivity index (χ1n) is 8.14. The minimum absolute atomic E-state index is 0.0124. The van der Waals surface area contributed by atoms with Crippen molar-refractivity contribution < 1.29 is 4.79 Å². The molecule has 1 fully saturated rings. The van der Waals surface area contributed by atoms with Gasteiger partial charge in [0, 0.05) is 5.25 Å². The average molecular weight is 323 g/mol. The second-order valence-electron chi connectivity index (χ2n) is 7.47. The van der Waals surface area contributed by atoms with Gasteiger partial charge >= 0.3 is 0 Å². The van der Waals surface area contributed by atoms with Crippen LogP contribution in [0.3, 0.4) is 0 Å². The fourth-order valence-corrected chi connectivity index (χ4v) is 4.82. The van der Waals surface area contributed by atoms with Gasteiger partial charge in [0.1, 0.15) is 5.82 Å². The van der Waals surface area contributed by atoms with E-state index < -0.39 is 0 Å². The van der Waals surface area contributed by atoms with Crippen molar-refractivity contribution in [3.05, 3.63) is 15.9 Å². The monoisotopic (exact) mass is 323 g/mol. The first-order valence-corrected chi connectivity index (χ1v) is 9.18. The van der Waals surface area contributed by atoms with E-state index in [-0.39, 0.29) is 22.1 Å². The molecule has 0 spiro atoms. The molecule has 1 aliphatic heterocycles. The zero-order valence-corrected chi connectivity index (χ0v) is 14.4. The van der Waals surface area contributed by atoms with Crippen LogP contribution in [0.1, 0.15) is 69.7 Å². The summed E-state index contributed by atoms with van der Waals surface area (Å²) in [6.07, 6.45) is 5.77. The van der Waals surface area contributed by atoms with Gasteiger partial charge in [-0.25, -0.2) is 0 Å². The summed E-state index contributed by atoms with van der Waals surface area (Å²) in [6.45, 7) is 6.38. The molecule has 22 heavy (non-hydrogen) atoms. The highest BCUT2D eigenvalue weighted by atomic mass is 32.2. The third-order valence-electron chi connectivity index (χ3n) is 4.59. The van der Waals surface area contributed by atoms with Gasteiger partial charge in [0.2, 0.25) is 5.91 Å². The standard InChI is InChI=1S/C16H25N3O2S/c1-16(2,3)13-12-14(17-11(20)9-22-13)19(18-15(12)21)10-7-5-4-6-8-10/h10,13H,4-9H2,1-3H3,(H,17,20)(H,18,21)/t13-/m1/s1. The van der Waals surface area contributed by atoms with E-state index in [4.69, 9.17) is 0 Å². The van der Waals surface area contributed by atoms with Crippen molar-refractivity contribution in [3.63, 3.8) is 0 Å². The lowest BCUT2D eigenvalue weighted by Crippen LogP contribution is -2.21. The maximum absolute atomic E-state index is 12.6. The Morgan fingerprint density at radius 3 is 2.45 bits per heavy atom. The van der Waals surface area contributed by atoms with Gasteiger partial charge in [0.15, 0.2) is 0 Å². The summed E-state index contributed by atoms with van der Waals surface area (Å²) in [5, 5.41) is 6.01. The van der Waals surface area contributed by atoms with Crippen LogP contribution in [0.5, 0.6) is 0 Å². The van der Waals surface area contributed by atoms with Crippen LogP contribution in [0.2, 0.25) is 0 Å².